The molecule has 0 saturated heterocycles. The summed E-state index contributed by atoms with van der Waals surface area (Å²) in [6.07, 6.45) is 2.52. The van der Waals surface area contributed by atoms with Crippen LogP contribution >= 0.6 is 11.6 Å². The van der Waals surface area contributed by atoms with Crippen molar-refractivity contribution in [2.24, 2.45) is 5.10 Å². The lowest BCUT2D eigenvalue weighted by atomic mass is 9.80. The van der Waals surface area contributed by atoms with Gasteiger partial charge in [0.15, 0.2) is 0 Å². The summed E-state index contributed by atoms with van der Waals surface area (Å²) in [4.78, 5) is 14.3. The molecule has 27 heavy (non-hydrogen) atoms. The molecule has 0 bridgehead atoms. The quantitative estimate of drug-likeness (QED) is 0.597. The topological polar surface area (TPSA) is 44.7 Å². The van der Waals surface area contributed by atoms with Gasteiger partial charge in [0.25, 0.3) is 5.91 Å². The van der Waals surface area contributed by atoms with Crippen molar-refractivity contribution < 1.29 is 9.18 Å². The van der Waals surface area contributed by atoms with Crippen LogP contribution in [0.2, 0.25) is 5.02 Å². The minimum atomic E-state index is -0.603. The normalized spacial score (nSPS) is 18.4. The van der Waals surface area contributed by atoms with E-state index < -0.39 is 11.7 Å². The molecular weight excluding hydrogens is 365 g/mol. The molecule has 142 valence electrons. The molecule has 0 radical (unpaired) electrons. The third-order valence-corrected chi connectivity index (χ3v) is 5.57. The van der Waals surface area contributed by atoms with Gasteiger partial charge in [0.05, 0.1) is 16.8 Å². The third kappa shape index (κ3) is 3.83. The van der Waals surface area contributed by atoms with Gasteiger partial charge in [-0.15, -0.1) is 0 Å². The highest BCUT2D eigenvalue weighted by Gasteiger charge is 2.34. The summed E-state index contributed by atoms with van der Waals surface area (Å²) in [6.45, 7) is 6.63. The van der Waals surface area contributed by atoms with Crippen LogP contribution in [-0.2, 0) is 0 Å². The van der Waals surface area contributed by atoms with Gasteiger partial charge in [0.2, 0.25) is 0 Å². The zero-order valence-electron chi connectivity index (χ0n) is 15.9. The number of hydrogen-bond acceptors (Lipinski definition) is 3. The Kier molecular flexibility index (Phi) is 5.24. The average molecular weight is 388 g/mol. The lowest BCUT2D eigenvalue weighted by Gasteiger charge is -2.45. The molecule has 1 atom stereocenters. The first kappa shape index (κ1) is 19.4. The number of hydrogen-bond donors (Lipinski definition) is 1. The molecule has 0 aliphatic carbocycles. The summed E-state index contributed by atoms with van der Waals surface area (Å²) in [5.74, 6) is -0.812. The van der Waals surface area contributed by atoms with E-state index in [9.17, 15) is 9.18 Å². The van der Waals surface area contributed by atoms with Crippen LogP contribution in [0.25, 0.3) is 0 Å². The number of amides is 1. The number of carbonyl (C=O) groups excluding carboxylic acids is 1. The maximum Gasteiger partial charge on any atom is 0.274 e. The summed E-state index contributed by atoms with van der Waals surface area (Å²) in [5, 5.41) is 4.50. The van der Waals surface area contributed by atoms with Crippen molar-refractivity contribution in [2.45, 2.75) is 38.6 Å². The molecule has 6 heteroatoms. The number of anilines is 1. The lowest BCUT2D eigenvalue weighted by Crippen LogP contribution is -2.45. The minimum Gasteiger partial charge on any atom is -0.369 e. The van der Waals surface area contributed by atoms with Crippen molar-refractivity contribution in [1.82, 2.24) is 5.43 Å². The number of rotatable bonds is 3. The summed E-state index contributed by atoms with van der Waals surface area (Å²) < 4.78 is 13.6. The van der Waals surface area contributed by atoms with Gasteiger partial charge in [-0.1, -0.05) is 30.7 Å². The Morgan fingerprint density at radius 2 is 2.07 bits per heavy atom. The van der Waals surface area contributed by atoms with Crippen LogP contribution in [0.1, 0.15) is 54.6 Å². The molecule has 0 fully saturated rings. The van der Waals surface area contributed by atoms with Crippen molar-refractivity contribution in [3.63, 3.8) is 0 Å². The Balaban J connectivity index is 1.82. The first-order valence-electron chi connectivity index (χ1n) is 8.86. The second-order valence-corrected chi connectivity index (χ2v) is 8.00. The van der Waals surface area contributed by atoms with Gasteiger partial charge >= 0.3 is 0 Å². The molecule has 4 nitrogen and oxygen atoms in total. The average Bonchev–Trinajstić information content (AvgIpc) is 2.60. The van der Waals surface area contributed by atoms with Crippen molar-refractivity contribution in [3.8, 4) is 0 Å². The number of fused-ring (bicyclic) bond motifs is 1. The van der Waals surface area contributed by atoms with E-state index >= 15 is 0 Å². The van der Waals surface area contributed by atoms with Crippen LogP contribution in [0.3, 0.4) is 0 Å². The Hall–Kier alpha value is -2.40. The number of benzene rings is 2. The Morgan fingerprint density at radius 3 is 2.78 bits per heavy atom. The van der Waals surface area contributed by atoms with Crippen LogP contribution in [0, 0.1) is 5.82 Å². The van der Waals surface area contributed by atoms with E-state index in [0.717, 1.165) is 12.1 Å². The molecule has 1 aliphatic heterocycles. The van der Waals surface area contributed by atoms with Crippen molar-refractivity contribution in [1.29, 1.82) is 0 Å². The Morgan fingerprint density at radius 1 is 1.37 bits per heavy atom. The molecule has 0 aromatic heterocycles. The molecule has 1 unspecified atom stereocenters. The van der Waals surface area contributed by atoms with Crippen molar-refractivity contribution in [3.05, 3.63) is 63.9 Å². The number of halogens is 2. The van der Waals surface area contributed by atoms with Crippen LogP contribution < -0.4 is 10.3 Å². The van der Waals surface area contributed by atoms with Crippen LogP contribution in [0.15, 0.2) is 41.5 Å². The molecule has 1 N–H and O–H groups in total. The van der Waals surface area contributed by atoms with Gasteiger partial charge in [0.1, 0.15) is 5.82 Å². The summed E-state index contributed by atoms with van der Waals surface area (Å²) >= 11 is 6.43. The van der Waals surface area contributed by atoms with E-state index in [1.807, 2.05) is 12.1 Å². The molecule has 1 aliphatic rings. The van der Waals surface area contributed by atoms with Gasteiger partial charge in [-0.2, -0.15) is 5.10 Å². The number of carbonyl (C=O) groups is 1. The number of hydrazone groups is 1. The van der Waals surface area contributed by atoms with E-state index in [4.69, 9.17) is 11.6 Å². The van der Waals surface area contributed by atoms with E-state index in [1.54, 1.807) is 6.07 Å². The van der Waals surface area contributed by atoms with E-state index in [1.165, 1.54) is 30.0 Å². The van der Waals surface area contributed by atoms with E-state index in [-0.39, 0.29) is 11.1 Å². The van der Waals surface area contributed by atoms with Crippen LogP contribution in [-0.4, -0.2) is 24.7 Å². The fourth-order valence-electron chi connectivity index (χ4n) is 3.57. The van der Waals surface area contributed by atoms with Crippen LogP contribution in [0.5, 0.6) is 0 Å². The fourth-order valence-corrected chi connectivity index (χ4v) is 3.78. The SMILES string of the molecule is CC1CC(C)(C)N(C)c2cc(Cl)c(/C=N\NC(=O)c3ccccc3F)cc21. The molecular formula is C21H23ClFN3O. The highest BCUT2D eigenvalue weighted by atomic mass is 35.5. The van der Waals surface area contributed by atoms with E-state index in [2.05, 4.69) is 43.2 Å². The predicted molar refractivity (Wildman–Crippen MR) is 108 cm³/mol. The highest BCUT2D eigenvalue weighted by Crippen LogP contribution is 2.44. The second-order valence-electron chi connectivity index (χ2n) is 7.59. The third-order valence-electron chi connectivity index (χ3n) is 5.24. The van der Waals surface area contributed by atoms with Crippen molar-refractivity contribution >= 4 is 29.4 Å². The molecule has 0 spiro atoms. The van der Waals surface area contributed by atoms with Gasteiger partial charge in [-0.05, 0) is 56.0 Å². The maximum atomic E-state index is 13.6. The highest BCUT2D eigenvalue weighted by molar-refractivity contribution is 6.33. The first-order valence-corrected chi connectivity index (χ1v) is 9.23. The minimum absolute atomic E-state index is 0.0522. The van der Waals surface area contributed by atoms with E-state index in [0.29, 0.717) is 16.5 Å². The molecule has 2 aromatic rings. The fraction of sp³-hybridized carbons (Fsp3) is 0.333. The number of nitrogens with zero attached hydrogens (tertiary/aromatic N) is 2. The maximum absolute atomic E-state index is 13.6. The Labute approximate surface area is 164 Å². The number of nitrogens with one attached hydrogen (secondary N) is 1. The van der Waals surface area contributed by atoms with Gasteiger partial charge in [-0.25, -0.2) is 9.82 Å². The molecule has 1 amide bonds. The summed E-state index contributed by atoms with van der Waals surface area (Å²) in [6, 6.07) is 9.72. The molecule has 3 rings (SSSR count). The second kappa shape index (κ2) is 7.31. The smallest absolute Gasteiger partial charge is 0.274 e. The first-order chi connectivity index (χ1) is 12.7. The standard InChI is InChI=1S/C21H23ClFN3O/c1-13-11-21(2,3)26(4)19-10-17(22)14(9-16(13)19)12-24-25-20(27)15-7-5-6-8-18(15)23/h5-10,12-13H,11H2,1-4H3,(H,25,27)/b24-12-. The van der Waals surface area contributed by atoms with Gasteiger partial charge in [-0.3, -0.25) is 4.79 Å². The van der Waals surface area contributed by atoms with Crippen LogP contribution in [0.4, 0.5) is 10.1 Å². The summed E-state index contributed by atoms with van der Waals surface area (Å²) in [7, 11) is 2.07. The molecule has 1 heterocycles. The zero-order chi connectivity index (χ0) is 19.8. The predicted octanol–water partition coefficient (Wildman–Crippen LogP) is 4.97. The Bertz CT molecular complexity index is 910. The summed E-state index contributed by atoms with van der Waals surface area (Å²) in [5.41, 5.74) is 5.37. The lowest BCUT2D eigenvalue weighted by molar-refractivity contribution is 0.0951. The zero-order valence-corrected chi connectivity index (χ0v) is 16.6. The largest absolute Gasteiger partial charge is 0.369 e. The molecule has 2 aromatic carbocycles. The van der Waals surface area contributed by atoms with Crippen molar-refractivity contribution in [2.75, 3.05) is 11.9 Å². The van der Waals surface area contributed by atoms with Gasteiger partial charge in [0, 0.05) is 23.8 Å². The molecule has 0 saturated carbocycles. The monoisotopic (exact) mass is 387 g/mol. The van der Waals surface area contributed by atoms with Gasteiger partial charge < -0.3 is 4.90 Å².